The Morgan fingerprint density at radius 3 is 2.62 bits per heavy atom. The number of aliphatic carboxylic acids is 1. The van der Waals surface area contributed by atoms with E-state index in [4.69, 9.17) is 27.2 Å². The highest BCUT2D eigenvalue weighted by molar-refractivity contribution is 6.30. The Morgan fingerprint density at radius 1 is 1.43 bits per heavy atom. The predicted molar refractivity (Wildman–Crippen MR) is 75.3 cm³/mol. The molecule has 0 aliphatic rings. The van der Waals surface area contributed by atoms with Gasteiger partial charge in [-0.3, -0.25) is 9.59 Å². The molecule has 2 amide bonds. The maximum absolute atomic E-state index is 12.1. The number of methoxy groups -OCH3 is 1. The minimum absolute atomic E-state index is 0.0910. The molecular weight excluding hydrogens is 300 g/mol. The topological polar surface area (TPSA) is 119 Å². The van der Waals surface area contributed by atoms with Crippen LogP contribution in [0.2, 0.25) is 5.02 Å². The molecule has 0 aliphatic heterocycles. The number of nitrogens with one attached hydrogen (secondary N) is 1. The molecule has 0 radical (unpaired) electrons. The number of carbonyl (C=O) groups excluding carboxylic acids is 2. The van der Waals surface area contributed by atoms with E-state index in [0.29, 0.717) is 5.02 Å². The zero-order valence-electron chi connectivity index (χ0n) is 11.3. The summed E-state index contributed by atoms with van der Waals surface area (Å²) in [6.45, 7) is 0. The van der Waals surface area contributed by atoms with Crippen molar-refractivity contribution in [1.29, 1.82) is 0 Å². The lowest BCUT2D eigenvalue weighted by Gasteiger charge is -2.15. The molecule has 0 unspecified atom stereocenters. The molecular formula is C13H15ClN2O5. The van der Waals surface area contributed by atoms with Crippen molar-refractivity contribution >= 4 is 29.4 Å². The lowest BCUT2D eigenvalue weighted by molar-refractivity contribution is -0.139. The van der Waals surface area contributed by atoms with Gasteiger partial charge in [0, 0.05) is 11.4 Å². The van der Waals surface area contributed by atoms with Crippen molar-refractivity contribution in [2.45, 2.75) is 18.9 Å². The van der Waals surface area contributed by atoms with E-state index < -0.39 is 23.8 Å². The number of benzene rings is 1. The number of amides is 2. The first-order valence-corrected chi connectivity index (χ1v) is 6.38. The van der Waals surface area contributed by atoms with Crippen molar-refractivity contribution in [3.05, 3.63) is 28.8 Å². The van der Waals surface area contributed by atoms with Gasteiger partial charge in [0.25, 0.3) is 5.91 Å². The lowest BCUT2D eigenvalue weighted by atomic mass is 10.1. The quantitative estimate of drug-likeness (QED) is 0.687. The number of nitrogens with two attached hydrogens (primary N) is 1. The summed E-state index contributed by atoms with van der Waals surface area (Å²) in [5.41, 5.74) is 5.11. The third kappa shape index (κ3) is 4.96. The highest BCUT2D eigenvalue weighted by Crippen LogP contribution is 2.23. The van der Waals surface area contributed by atoms with Crippen molar-refractivity contribution in [3.63, 3.8) is 0 Å². The molecule has 4 N–H and O–H groups in total. The van der Waals surface area contributed by atoms with Gasteiger partial charge in [0.2, 0.25) is 5.91 Å². The van der Waals surface area contributed by atoms with Gasteiger partial charge in [-0.05, 0) is 24.6 Å². The fourth-order valence-electron chi connectivity index (χ4n) is 1.63. The first-order chi connectivity index (χ1) is 9.85. The largest absolute Gasteiger partial charge is 0.496 e. The maximum atomic E-state index is 12.1. The zero-order valence-corrected chi connectivity index (χ0v) is 12.0. The molecule has 0 bridgehead atoms. The van der Waals surface area contributed by atoms with Crippen LogP contribution >= 0.6 is 11.6 Å². The van der Waals surface area contributed by atoms with Crippen molar-refractivity contribution in [2.75, 3.05) is 7.11 Å². The molecule has 0 aromatic heterocycles. The third-order valence-corrected chi connectivity index (χ3v) is 2.93. The number of primary amides is 1. The molecule has 0 saturated heterocycles. The number of carboxylic acid groups (broad SMARTS) is 1. The molecule has 0 spiro atoms. The smallest absolute Gasteiger partial charge is 0.326 e. The number of carbonyl (C=O) groups is 3. The first-order valence-electron chi connectivity index (χ1n) is 6.00. The molecule has 1 atom stereocenters. The molecule has 0 fully saturated rings. The summed E-state index contributed by atoms with van der Waals surface area (Å²) in [5.74, 6) is -2.31. The SMILES string of the molecule is COc1cc(Cl)ccc1C(=O)N[C@@H](CCC(N)=O)C(=O)O. The molecule has 0 saturated carbocycles. The van der Waals surface area contributed by atoms with Gasteiger partial charge in [-0.25, -0.2) is 4.79 Å². The molecule has 7 nitrogen and oxygen atoms in total. The zero-order chi connectivity index (χ0) is 16.0. The number of carboxylic acids is 1. The Morgan fingerprint density at radius 2 is 2.10 bits per heavy atom. The second-order valence-electron chi connectivity index (χ2n) is 4.21. The Hall–Kier alpha value is -2.28. The fourth-order valence-corrected chi connectivity index (χ4v) is 1.79. The van der Waals surface area contributed by atoms with E-state index >= 15 is 0 Å². The van der Waals surface area contributed by atoms with Crippen molar-refractivity contribution in [2.24, 2.45) is 5.73 Å². The van der Waals surface area contributed by atoms with E-state index in [1.165, 1.54) is 25.3 Å². The molecule has 0 aliphatic carbocycles. The molecule has 8 heteroatoms. The first kappa shape index (κ1) is 16.8. The Bertz CT molecular complexity index is 561. The van der Waals surface area contributed by atoms with E-state index in [9.17, 15) is 14.4 Å². The van der Waals surface area contributed by atoms with Crippen LogP contribution in [0.25, 0.3) is 0 Å². The summed E-state index contributed by atoms with van der Waals surface area (Å²) < 4.78 is 5.02. The van der Waals surface area contributed by atoms with Gasteiger partial charge in [-0.2, -0.15) is 0 Å². The van der Waals surface area contributed by atoms with Crippen molar-refractivity contribution in [1.82, 2.24) is 5.32 Å². The van der Waals surface area contributed by atoms with Crippen LogP contribution in [0.5, 0.6) is 5.75 Å². The van der Waals surface area contributed by atoms with Gasteiger partial charge in [-0.15, -0.1) is 0 Å². The van der Waals surface area contributed by atoms with Gasteiger partial charge < -0.3 is 20.9 Å². The Balaban J connectivity index is 2.86. The Labute approximate surface area is 126 Å². The Kier molecular flexibility index (Phi) is 5.98. The van der Waals surface area contributed by atoms with Crippen LogP contribution in [0.1, 0.15) is 23.2 Å². The summed E-state index contributed by atoms with van der Waals surface area (Å²) in [6.07, 6.45) is -0.235. The molecule has 1 rings (SSSR count). The molecule has 1 aromatic carbocycles. The van der Waals surface area contributed by atoms with Gasteiger partial charge in [-0.1, -0.05) is 11.6 Å². The number of rotatable bonds is 7. The van der Waals surface area contributed by atoms with Gasteiger partial charge >= 0.3 is 5.97 Å². The minimum atomic E-state index is -1.25. The summed E-state index contributed by atoms with van der Waals surface area (Å²) in [6, 6.07) is 3.13. The van der Waals surface area contributed by atoms with Crippen molar-refractivity contribution < 1.29 is 24.2 Å². The van der Waals surface area contributed by atoms with Crippen LogP contribution in [0, 0.1) is 0 Å². The van der Waals surface area contributed by atoms with Crippen LogP contribution in [-0.2, 0) is 9.59 Å². The monoisotopic (exact) mass is 314 g/mol. The number of ether oxygens (including phenoxy) is 1. The van der Waals surface area contributed by atoms with Crippen LogP contribution in [0.4, 0.5) is 0 Å². The van der Waals surface area contributed by atoms with Crippen LogP contribution < -0.4 is 15.8 Å². The molecule has 21 heavy (non-hydrogen) atoms. The fraction of sp³-hybridized carbons (Fsp3) is 0.308. The lowest BCUT2D eigenvalue weighted by Crippen LogP contribution is -2.41. The van der Waals surface area contributed by atoms with E-state index in [2.05, 4.69) is 5.32 Å². The summed E-state index contributed by atoms with van der Waals surface area (Å²) in [4.78, 5) is 33.9. The second-order valence-corrected chi connectivity index (χ2v) is 4.65. The highest BCUT2D eigenvalue weighted by atomic mass is 35.5. The third-order valence-electron chi connectivity index (χ3n) is 2.69. The number of halogens is 1. The average molecular weight is 315 g/mol. The minimum Gasteiger partial charge on any atom is -0.496 e. The van der Waals surface area contributed by atoms with Gasteiger partial charge in [0.05, 0.1) is 12.7 Å². The summed E-state index contributed by atoms with van der Waals surface area (Å²) >= 11 is 5.78. The van der Waals surface area contributed by atoms with Crippen LogP contribution in [-0.4, -0.2) is 36.0 Å². The standard InChI is InChI=1S/C13H15ClN2O5/c1-21-10-6-7(14)2-3-8(10)12(18)16-9(13(19)20)4-5-11(15)17/h2-3,6,9H,4-5H2,1H3,(H2,15,17)(H,16,18)(H,19,20)/t9-/m0/s1. The van der Waals surface area contributed by atoms with Gasteiger partial charge in [0.15, 0.2) is 0 Å². The van der Waals surface area contributed by atoms with E-state index in [0.717, 1.165) is 0 Å². The van der Waals surface area contributed by atoms with E-state index in [-0.39, 0.29) is 24.2 Å². The second kappa shape index (κ2) is 7.49. The molecule has 1 aromatic rings. The molecule has 114 valence electrons. The average Bonchev–Trinajstić information content (AvgIpc) is 2.42. The predicted octanol–water partition coefficient (Wildman–Crippen LogP) is 0.797. The maximum Gasteiger partial charge on any atom is 0.326 e. The van der Waals surface area contributed by atoms with Crippen molar-refractivity contribution in [3.8, 4) is 5.75 Å². The van der Waals surface area contributed by atoms with E-state index in [1.54, 1.807) is 0 Å². The number of hydrogen-bond acceptors (Lipinski definition) is 4. The highest BCUT2D eigenvalue weighted by Gasteiger charge is 2.22. The number of hydrogen-bond donors (Lipinski definition) is 3. The summed E-state index contributed by atoms with van der Waals surface area (Å²) in [7, 11) is 1.37. The normalized spacial score (nSPS) is 11.5. The van der Waals surface area contributed by atoms with Crippen LogP contribution in [0.15, 0.2) is 18.2 Å². The van der Waals surface area contributed by atoms with Gasteiger partial charge in [0.1, 0.15) is 11.8 Å². The summed E-state index contributed by atoms with van der Waals surface area (Å²) in [5, 5.41) is 11.7. The molecule has 0 heterocycles. The van der Waals surface area contributed by atoms with E-state index in [1.807, 2.05) is 0 Å². The van der Waals surface area contributed by atoms with Crippen LogP contribution in [0.3, 0.4) is 0 Å².